The molecule has 0 aromatic heterocycles. The summed E-state index contributed by atoms with van der Waals surface area (Å²) in [7, 11) is 2.12. The van der Waals surface area contributed by atoms with E-state index < -0.39 is 0 Å². The van der Waals surface area contributed by atoms with Gasteiger partial charge in [-0.2, -0.15) is 0 Å². The van der Waals surface area contributed by atoms with Crippen molar-refractivity contribution in [1.29, 1.82) is 0 Å². The molecule has 1 saturated carbocycles. The van der Waals surface area contributed by atoms with Gasteiger partial charge in [-0.05, 0) is 40.7 Å². The Bertz CT molecular complexity index is 267. The molecule has 0 radical (unpaired) electrons. The molecule has 2 rings (SSSR count). The highest BCUT2D eigenvalue weighted by Gasteiger charge is 2.37. The van der Waals surface area contributed by atoms with Crippen LogP contribution >= 0.6 is 0 Å². The van der Waals surface area contributed by atoms with Gasteiger partial charge in [0.15, 0.2) is 0 Å². The number of morpholine rings is 1. The van der Waals surface area contributed by atoms with Crippen LogP contribution in [0.4, 0.5) is 0 Å². The predicted octanol–water partition coefficient (Wildman–Crippen LogP) is 2.41. The van der Waals surface area contributed by atoms with E-state index in [1.807, 2.05) is 0 Å². The molecule has 1 saturated heterocycles. The average molecular weight is 254 g/mol. The largest absolute Gasteiger partial charge is 0.370 e. The quantitative estimate of drug-likeness (QED) is 0.766. The average Bonchev–Trinajstić information content (AvgIpc) is 2.50. The van der Waals surface area contributed by atoms with Crippen LogP contribution in [0.3, 0.4) is 0 Å². The van der Waals surface area contributed by atoms with Gasteiger partial charge in [0.25, 0.3) is 0 Å². The molecule has 0 amide bonds. The smallest absolute Gasteiger partial charge is 0.0757 e. The van der Waals surface area contributed by atoms with Crippen molar-refractivity contribution in [2.75, 3.05) is 20.1 Å². The fourth-order valence-corrected chi connectivity index (χ4v) is 3.82. The molecule has 0 aromatic rings. The second-order valence-electron chi connectivity index (χ2n) is 6.72. The number of nitrogens with one attached hydrogen (secondary N) is 1. The van der Waals surface area contributed by atoms with Crippen LogP contribution in [0, 0.1) is 0 Å². The van der Waals surface area contributed by atoms with Crippen LogP contribution in [0.2, 0.25) is 0 Å². The minimum atomic E-state index is 0.00224. The molecule has 0 bridgehead atoms. The molecule has 1 aliphatic carbocycles. The molecule has 2 fully saturated rings. The lowest BCUT2D eigenvalue weighted by Gasteiger charge is -2.47. The minimum absolute atomic E-state index is 0.00224. The van der Waals surface area contributed by atoms with E-state index in [4.69, 9.17) is 4.74 Å². The van der Waals surface area contributed by atoms with Gasteiger partial charge in [0.1, 0.15) is 0 Å². The van der Waals surface area contributed by atoms with Crippen molar-refractivity contribution in [1.82, 2.24) is 10.2 Å². The van der Waals surface area contributed by atoms with Crippen molar-refractivity contribution in [2.24, 2.45) is 0 Å². The molecule has 1 N–H and O–H groups in total. The Hall–Kier alpha value is -0.120. The molecule has 18 heavy (non-hydrogen) atoms. The Morgan fingerprint density at radius 2 is 1.89 bits per heavy atom. The van der Waals surface area contributed by atoms with Crippen LogP contribution < -0.4 is 5.32 Å². The van der Waals surface area contributed by atoms with Gasteiger partial charge in [0.2, 0.25) is 0 Å². The van der Waals surface area contributed by atoms with E-state index in [0.29, 0.717) is 18.2 Å². The summed E-state index contributed by atoms with van der Waals surface area (Å²) in [6.07, 6.45) is 7.19. The Labute approximate surface area is 112 Å². The lowest BCUT2D eigenvalue weighted by Crippen LogP contribution is -2.59. The number of rotatable bonds is 2. The molecule has 2 aliphatic rings. The predicted molar refractivity (Wildman–Crippen MR) is 75.9 cm³/mol. The number of hydrogen-bond donors (Lipinski definition) is 1. The molecular weight excluding hydrogens is 224 g/mol. The Morgan fingerprint density at radius 3 is 2.56 bits per heavy atom. The second kappa shape index (κ2) is 5.89. The van der Waals surface area contributed by atoms with Gasteiger partial charge < -0.3 is 10.1 Å². The highest BCUT2D eigenvalue weighted by Crippen LogP contribution is 2.28. The van der Waals surface area contributed by atoms with E-state index in [1.165, 1.54) is 32.1 Å². The standard InChI is InChI=1S/C15H30N2O/c1-12-10-17(11-15(2,3)18-12)14-9-7-5-6-8-13(14)16-4/h12-14,16H,5-11H2,1-4H3. The van der Waals surface area contributed by atoms with Crippen LogP contribution in [-0.4, -0.2) is 48.8 Å². The monoisotopic (exact) mass is 254 g/mol. The van der Waals surface area contributed by atoms with E-state index in [-0.39, 0.29) is 5.60 Å². The molecule has 106 valence electrons. The zero-order chi connectivity index (χ0) is 13.2. The zero-order valence-corrected chi connectivity index (χ0v) is 12.5. The van der Waals surface area contributed by atoms with Crippen molar-refractivity contribution < 1.29 is 4.74 Å². The summed E-state index contributed by atoms with van der Waals surface area (Å²) in [5.41, 5.74) is 0.00224. The summed E-state index contributed by atoms with van der Waals surface area (Å²) in [6, 6.07) is 1.36. The lowest BCUT2D eigenvalue weighted by atomic mass is 9.96. The van der Waals surface area contributed by atoms with Crippen LogP contribution in [-0.2, 0) is 4.74 Å². The molecular formula is C15H30N2O. The van der Waals surface area contributed by atoms with Crippen molar-refractivity contribution in [3.05, 3.63) is 0 Å². The van der Waals surface area contributed by atoms with Crippen molar-refractivity contribution in [2.45, 2.75) is 76.7 Å². The fraction of sp³-hybridized carbons (Fsp3) is 1.00. The topological polar surface area (TPSA) is 24.5 Å². The Kier molecular flexibility index (Phi) is 4.68. The summed E-state index contributed by atoms with van der Waals surface area (Å²) >= 11 is 0. The van der Waals surface area contributed by atoms with E-state index in [9.17, 15) is 0 Å². The van der Waals surface area contributed by atoms with E-state index >= 15 is 0 Å². The van der Waals surface area contributed by atoms with E-state index in [1.54, 1.807) is 0 Å². The molecule has 3 unspecified atom stereocenters. The van der Waals surface area contributed by atoms with Gasteiger partial charge in [-0.1, -0.05) is 19.3 Å². The van der Waals surface area contributed by atoms with Crippen LogP contribution in [0.25, 0.3) is 0 Å². The van der Waals surface area contributed by atoms with Crippen molar-refractivity contribution >= 4 is 0 Å². The highest BCUT2D eigenvalue weighted by atomic mass is 16.5. The molecule has 1 aliphatic heterocycles. The molecule has 3 heteroatoms. The zero-order valence-electron chi connectivity index (χ0n) is 12.5. The van der Waals surface area contributed by atoms with Gasteiger partial charge in [-0.25, -0.2) is 0 Å². The molecule has 3 nitrogen and oxygen atoms in total. The first kappa shape index (κ1) is 14.3. The number of likely N-dealkylation sites (N-methyl/N-ethyl adjacent to an activating group) is 1. The lowest BCUT2D eigenvalue weighted by molar-refractivity contribution is -0.140. The van der Waals surface area contributed by atoms with E-state index in [0.717, 1.165) is 13.1 Å². The maximum Gasteiger partial charge on any atom is 0.0757 e. The fourth-order valence-electron chi connectivity index (χ4n) is 3.82. The Morgan fingerprint density at radius 1 is 1.17 bits per heavy atom. The molecule has 1 heterocycles. The summed E-state index contributed by atoms with van der Waals surface area (Å²) in [5.74, 6) is 0. The maximum absolute atomic E-state index is 6.03. The van der Waals surface area contributed by atoms with Crippen molar-refractivity contribution in [3.63, 3.8) is 0 Å². The molecule has 0 spiro atoms. The van der Waals surface area contributed by atoms with Gasteiger partial charge >= 0.3 is 0 Å². The SMILES string of the molecule is CNC1CCCCCC1N1CC(C)OC(C)(C)C1. The van der Waals surface area contributed by atoms with E-state index in [2.05, 4.69) is 38.0 Å². The normalized spacial score (nSPS) is 38.3. The second-order valence-corrected chi connectivity index (χ2v) is 6.72. The van der Waals surface area contributed by atoms with Gasteiger partial charge in [0, 0.05) is 25.2 Å². The van der Waals surface area contributed by atoms with Gasteiger partial charge in [-0.15, -0.1) is 0 Å². The minimum Gasteiger partial charge on any atom is -0.370 e. The highest BCUT2D eigenvalue weighted by molar-refractivity contribution is 4.92. The third kappa shape index (κ3) is 3.46. The Balaban J connectivity index is 2.07. The third-order valence-electron chi connectivity index (χ3n) is 4.41. The first-order valence-corrected chi connectivity index (χ1v) is 7.61. The maximum atomic E-state index is 6.03. The van der Waals surface area contributed by atoms with Crippen LogP contribution in [0.1, 0.15) is 52.9 Å². The summed E-state index contributed by atoms with van der Waals surface area (Å²) in [5, 5.41) is 3.55. The van der Waals surface area contributed by atoms with Gasteiger partial charge in [-0.3, -0.25) is 4.90 Å². The molecule has 0 aromatic carbocycles. The third-order valence-corrected chi connectivity index (χ3v) is 4.41. The first-order chi connectivity index (χ1) is 8.52. The van der Waals surface area contributed by atoms with Gasteiger partial charge in [0.05, 0.1) is 11.7 Å². The van der Waals surface area contributed by atoms with Crippen molar-refractivity contribution in [3.8, 4) is 0 Å². The van der Waals surface area contributed by atoms with Crippen LogP contribution in [0.5, 0.6) is 0 Å². The number of hydrogen-bond acceptors (Lipinski definition) is 3. The first-order valence-electron chi connectivity index (χ1n) is 7.61. The number of ether oxygens (including phenoxy) is 1. The summed E-state index contributed by atoms with van der Waals surface area (Å²) in [6.45, 7) is 8.81. The van der Waals surface area contributed by atoms with Crippen LogP contribution in [0.15, 0.2) is 0 Å². The summed E-state index contributed by atoms with van der Waals surface area (Å²) < 4.78 is 6.03. The molecule has 3 atom stereocenters. The number of nitrogens with zero attached hydrogens (tertiary/aromatic N) is 1. The summed E-state index contributed by atoms with van der Waals surface area (Å²) in [4.78, 5) is 2.68.